The molecule has 0 aliphatic rings. The molecule has 3 aromatic rings. The highest BCUT2D eigenvalue weighted by molar-refractivity contribution is 7.92. The van der Waals surface area contributed by atoms with Gasteiger partial charge in [-0.1, -0.05) is 24.3 Å². The zero-order valence-electron chi connectivity index (χ0n) is 19.9. The minimum atomic E-state index is -4.81. The Morgan fingerprint density at radius 1 is 1.09 bits per heavy atom. The fourth-order valence-corrected chi connectivity index (χ4v) is 5.75. The summed E-state index contributed by atoms with van der Waals surface area (Å²) in [6.45, 7) is 7.86. The van der Waals surface area contributed by atoms with Gasteiger partial charge in [-0.15, -0.1) is 0 Å². The van der Waals surface area contributed by atoms with E-state index in [1.54, 1.807) is 38.5 Å². The van der Waals surface area contributed by atoms with Crippen LogP contribution in [0.4, 0.5) is 30.4 Å². The summed E-state index contributed by atoms with van der Waals surface area (Å²) >= 11 is 0. The number of hydrogen-bond acceptors (Lipinski definition) is 6. The number of nitrogens with zero attached hydrogens (tertiary/aromatic N) is 1. The van der Waals surface area contributed by atoms with E-state index >= 15 is 0 Å². The monoisotopic (exact) mass is 525 g/mol. The minimum absolute atomic E-state index is 0.0144. The van der Waals surface area contributed by atoms with Crippen LogP contribution in [0.15, 0.2) is 53.6 Å². The molecule has 1 aromatic heterocycles. The van der Waals surface area contributed by atoms with Crippen LogP contribution in [0.2, 0.25) is 0 Å². The molecule has 11 heteroatoms. The van der Waals surface area contributed by atoms with Gasteiger partial charge in [-0.3, -0.25) is 0 Å². The Morgan fingerprint density at radius 3 is 2.26 bits per heavy atom. The van der Waals surface area contributed by atoms with Crippen LogP contribution >= 0.6 is 7.14 Å². The van der Waals surface area contributed by atoms with Gasteiger partial charge in [-0.2, -0.15) is 13.2 Å². The van der Waals surface area contributed by atoms with E-state index in [0.717, 1.165) is 0 Å². The maximum atomic E-state index is 14.1. The van der Waals surface area contributed by atoms with E-state index in [-0.39, 0.29) is 22.0 Å². The number of aryl methyl sites for hydroxylation is 1. The number of benzene rings is 2. The molecule has 3 rings (SSSR count). The van der Waals surface area contributed by atoms with Crippen molar-refractivity contribution in [2.75, 3.05) is 24.4 Å². The van der Waals surface area contributed by atoms with Crippen LogP contribution in [0.5, 0.6) is 0 Å². The highest BCUT2D eigenvalue weighted by atomic mass is 32.2. The first kappa shape index (κ1) is 26.8. The first-order chi connectivity index (χ1) is 16.0. The molecule has 6 nitrogen and oxygen atoms in total. The Kier molecular flexibility index (Phi) is 7.12. The van der Waals surface area contributed by atoms with E-state index in [9.17, 15) is 26.2 Å². The summed E-state index contributed by atoms with van der Waals surface area (Å²) in [5.74, 6) is -0.170. The summed E-state index contributed by atoms with van der Waals surface area (Å²) in [7, 11) is -6.43. The average Bonchev–Trinajstić information content (AvgIpc) is 2.73. The van der Waals surface area contributed by atoms with Crippen LogP contribution in [0.1, 0.15) is 25.0 Å². The summed E-state index contributed by atoms with van der Waals surface area (Å²) in [6, 6.07) is 10.6. The fraction of sp³-hybridized carbons (Fsp3) is 0.292. The lowest BCUT2D eigenvalue weighted by molar-refractivity contribution is -0.137. The van der Waals surface area contributed by atoms with Gasteiger partial charge in [0.2, 0.25) is 0 Å². The second-order valence-corrected chi connectivity index (χ2v) is 14.6. The van der Waals surface area contributed by atoms with Crippen molar-refractivity contribution in [3.05, 3.63) is 59.8 Å². The van der Waals surface area contributed by atoms with Crippen LogP contribution in [-0.2, 0) is 20.6 Å². The number of nitrogens with two attached hydrogens (primary N) is 1. The van der Waals surface area contributed by atoms with E-state index in [4.69, 9.17) is 5.73 Å². The van der Waals surface area contributed by atoms with Crippen molar-refractivity contribution in [1.82, 2.24) is 4.98 Å². The summed E-state index contributed by atoms with van der Waals surface area (Å²) in [5.41, 5.74) is 5.44. The molecule has 3 N–H and O–H groups in total. The largest absolute Gasteiger partial charge is 0.419 e. The molecule has 35 heavy (non-hydrogen) atoms. The van der Waals surface area contributed by atoms with Gasteiger partial charge in [0.1, 0.15) is 13.0 Å². The standard InChI is InChI=1S/C24H27F3N3O3PS/c1-14(2)35(32,33)20-9-7-6-8-19(20)30-22-18(24(25,26)27)13-29-23(28)21(22)17-11-10-16(12-15(17)3)34(4,5)31/h6-14H,1-5H3,(H3,28,29,30). The molecule has 0 fully saturated rings. The van der Waals surface area contributed by atoms with Crippen molar-refractivity contribution in [1.29, 1.82) is 0 Å². The summed E-state index contributed by atoms with van der Waals surface area (Å²) in [5, 5.41) is 2.50. The molecule has 0 saturated carbocycles. The second kappa shape index (κ2) is 9.32. The minimum Gasteiger partial charge on any atom is -0.383 e. The Hall–Kier alpha value is -2.84. The number of pyridine rings is 1. The van der Waals surface area contributed by atoms with Crippen LogP contribution < -0.4 is 16.4 Å². The van der Waals surface area contributed by atoms with Crippen LogP contribution in [0.25, 0.3) is 11.1 Å². The number of para-hydroxylation sites is 1. The van der Waals surface area contributed by atoms with Gasteiger partial charge in [0.25, 0.3) is 0 Å². The molecule has 2 aromatic carbocycles. The first-order valence-electron chi connectivity index (χ1n) is 10.7. The molecule has 0 saturated heterocycles. The van der Waals surface area contributed by atoms with Gasteiger partial charge in [0.05, 0.1) is 27.1 Å². The van der Waals surface area contributed by atoms with Crippen LogP contribution in [-0.4, -0.2) is 32.0 Å². The molecule has 0 unspecified atom stereocenters. The van der Waals surface area contributed by atoms with Gasteiger partial charge < -0.3 is 15.6 Å². The highest BCUT2D eigenvalue weighted by Crippen LogP contribution is 2.45. The maximum Gasteiger partial charge on any atom is 0.419 e. The molecule has 0 aliphatic carbocycles. The molecule has 0 amide bonds. The lowest BCUT2D eigenvalue weighted by Gasteiger charge is -2.22. The number of aromatic nitrogens is 1. The van der Waals surface area contributed by atoms with Crippen molar-refractivity contribution < 1.29 is 26.2 Å². The number of alkyl halides is 3. The number of sulfone groups is 1. The molecule has 0 aliphatic heterocycles. The number of nitrogens with one attached hydrogen (secondary N) is 1. The van der Waals surface area contributed by atoms with E-state index < -0.39 is 39.7 Å². The first-order valence-corrected chi connectivity index (χ1v) is 14.8. The Balaban J connectivity index is 2.34. The lowest BCUT2D eigenvalue weighted by Crippen LogP contribution is -2.17. The zero-order valence-corrected chi connectivity index (χ0v) is 21.6. The molecule has 0 bridgehead atoms. The number of anilines is 3. The third kappa shape index (κ3) is 5.38. The Morgan fingerprint density at radius 2 is 1.71 bits per heavy atom. The predicted molar refractivity (Wildman–Crippen MR) is 135 cm³/mol. The number of halogens is 3. The van der Waals surface area contributed by atoms with Gasteiger partial charge in [0, 0.05) is 17.1 Å². The Labute approximate surface area is 203 Å². The molecule has 1 heterocycles. The van der Waals surface area contributed by atoms with E-state index in [2.05, 4.69) is 10.3 Å². The topological polar surface area (TPSA) is 102 Å². The zero-order chi connectivity index (χ0) is 26.3. The van der Waals surface area contributed by atoms with E-state index in [1.165, 1.54) is 38.1 Å². The number of nitrogen functional groups attached to an aromatic ring is 1. The van der Waals surface area contributed by atoms with Crippen molar-refractivity contribution in [2.24, 2.45) is 0 Å². The maximum absolute atomic E-state index is 14.1. The molecule has 188 valence electrons. The van der Waals surface area contributed by atoms with Crippen molar-refractivity contribution in [2.45, 2.75) is 37.1 Å². The third-order valence-electron chi connectivity index (χ3n) is 5.59. The van der Waals surface area contributed by atoms with E-state index in [1.807, 2.05) is 0 Å². The summed E-state index contributed by atoms with van der Waals surface area (Å²) in [4.78, 5) is 3.65. The average molecular weight is 526 g/mol. The second-order valence-electron chi connectivity index (χ2n) is 8.87. The summed E-state index contributed by atoms with van der Waals surface area (Å²) in [6.07, 6.45) is -4.18. The van der Waals surface area contributed by atoms with E-state index in [0.29, 0.717) is 22.6 Å². The van der Waals surface area contributed by atoms with Crippen molar-refractivity contribution in [3.8, 4) is 11.1 Å². The normalized spacial score (nSPS) is 12.7. The van der Waals surface area contributed by atoms with Gasteiger partial charge >= 0.3 is 6.18 Å². The molecule has 0 radical (unpaired) electrons. The fourth-order valence-electron chi connectivity index (χ4n) is 3.61. The smallest absolute Gasteiger partial charge is 0.383 e. The van der Waals surface area contributed by atoms with Gasteiger partial charge in [0.15, 0.2) is 9.84 Å². The predicted octanol–water partition coefficient (Wildman–Crippen LogP) is 5.83. The van der Waals surface area contributed by atoms with Crippen LogP contribution in [0.3, 0.4) is 0 Å². The van der Waals surface area contributed by atoms with Crippen LogP contribution in [0, 0.1) is 6.92 Å². The van der Waals surface area contributed by atoms with Gasteiger partial charge in [-0.05, 0) is 63.4 Å². The van der Waals surface area contributed by atoms with Gasteiger partial charge in [-0.25, -0.2) is 13.4 Å². The Bertz CT molecular complexity index is 1430. The molecule has 0 atom stereocenters. The number of rotatable bonds is 6. The van der Waals surface area contributed by atoms with Crippen molar-refractivity contribution in [3.63, 3.8) is 0 Å². The lowest BCUT2D eigenvalue weighted by atomic mass is 9.97. The van der Waals surface area contributed by atoms with Crippen molar-refractivity contribution >= 4 is 39.5 Å². The third-order valence-corrected chi connectivity index (χ3v) is 9.32. The highest BCUT2D eigenvalue weighted by Gasteiger charge is 2.37. The quantitative estimate of drug-likeness (QED) is 0.393. The molecule has 0 spiro atoms. The SMILES string of the molecule is Cc1cc(P(C)(C)=O)ccc1-c1c(N)ncc(C(F)(F)F)c1Nc1ccccc1S(=O)(=O)C(C)C. The number of hydrogen-bond donors (Lipinski definition) is 2. The molecular formula is C24H27F3N3O3PS. The molecular weight excluding hydrogens is 498 g/mol. The summed E-state index contributed by atoms with van der Waals surface area (Å²) < 4.78 is 80.6.